The van der Waals surface area contributed by atoms with Gasteiger partial charge in [0.05, 0.1) is 0 Å². The van der Waals surface area contributed by atoms with Crippen molar-refractivity contribution in [2.75, 3.05) is 0 Å². The molecular weight excluding hydrogens is 305 g/mol. The van der Waals surface area contributed by atoms with E-state index >= 15 is 0 Å². The van der Waals surface area contributed by atoms with Crippen molar-refractivity contribution in [2.24, 2.45) is 9.81 Å². The van der Waals surface area contributed by atoms with Crippen LogP contribution in [0.15, 0.2) is 4.40 Å². The number of alkyl halides is 1. The molecule has 0 aromatic carbocycles. The summed E-state index contributed by atoms with van der Waals surface area (Å²) in [7, 11) is -3.61. The second kappa shape index (κ2) is 4.46. The molecule has 1 aliphatic heterocycles. The first kappa shape index (κ1) is 16.2. The van der Waals surface area contributed by atoms with Gasteiger partial charge >= 0.3 is 0 Å². The summed E-state index contributed by atoms with van der Waals surface area (Å²) < 4.78 is 48.1. The van der Waals surface area contributed by atoms with Crippen LogP contribution in [0.3, 0.4) is 0 Å². The van der Waals surface area contributed by atoms with E-state index in [1.54, 1.807) is 27.7 Å². The third kappa shape index (κ3) is 2.29. The summed E-state index contributed by atoms with van der Waals surface area (Å²) in [5.41, 5.74) is -1.84. The zero-order valence-corrected chi connectivity index (χ0v) is 14.7. The Kier molecular flexibility index (Phi) is 3.28. The van der Waals surface area contributed by atoms with Gasteiger partial charge in [0.2, 0.25) is 5.90 Å². The van der Waals surface area contributed by atoms with E-state index in [4.69, 9.17) is 4.74 Å². The largest absolute Gasteiger partial charge is 0.472 e. The summed E-state index contributed by atoms with van der Waals surface area (Å²) in [6.07, 6.45) is 4.68. The second-order valence-corrected chi connectivity index (χ2v) is 10.6. The average Bonchev–Trinajstić information content (AvgIpc) is 2.38. The van der Waals surface area contributed by atoms with Crippen LogP contribution in [0.25, 0.3) is 0 Å². The maximum absolute atomic E-state index is 14.3. The minimum atomic E-state index is -3.61. The van der Waals surface area contributed by atoms with Crippen molar-refractivity contribution >= 4 is 15.9 Å². The lowest BCUT2D eigenvalue weighted by Crippen LogP contribution is -2.57. The van der Waals surface area contributed by atoms with E-state index in [-0.39, 0.29) is 5.41 Å². The van der Waals surface area contributed by atoms with Gasteiger partial charge in [0.1, 0.15) is 16.0 Å². The standard InChI is InChI=1S/C16H26FNO3S/c1-13(2)14(3,4)22(19,20)18-12(21-13)11-15-5-8-16(17,9-6-15)10-7-15/h5-11H2,1-4H3. The summed E-state index contributed by atoms with van der Waals surface area (Å²) in [5, 5.41) is 0. The van der Waals surface area contributed by atoms with Gasteiger partial charge in [-0.15, -0.1) is 4.40 Å². The summed E-state index contributed by atoms with van der Waals surface area (Å²) in [4.78, 5) is 0. The predicted octanol–water partition coefficient (Wildman–Crippen LogP) is 3.75. The molecule has 0 N–H and O–H groups in total. The first-order valence-electron chi connectivity index (χ1n) is 8.12. The zero-order chi connectivity index (χ0) is 16.4. The van der Waals surface area contributed by atoms with Gasteiger partial charge in [-0.25, -0.2) is 12.8 Å². The molecule has 0 aromatic rings. The summed E-state index contributed by atoms with van der Waals surface area (Å²) in [6, 6.07) is 0. The van der Waals surface area contributed by atoms with Crippen LogP contribution >= 0.6 is 0 Å². The molecule has 3 saturated carbocycles. The summed E-state index contributed by atoms with van der Waals surface area (Å²) in [6.45, 7) is 6.90. The van der Waals surface area contributed by atoms with Gasteiger partial charge in [0.15, 0.2) is 0 Å². The smallest absolute Gasteiger partial charge is 0.265 e. The Hall–Kier alpha value is -0.650. The first-order valence-corrected chi connectivity index (χ1v) is 9.56. The molecule has 126 valence electrons. The maximum Gasteiger partial charge on any atom is 0.265 e. The molecule has 0 atom stereocenters. The van der Waals surface area contributed by atoms with E-state index in [1.165, 1.54) is 0 Å². The molecule has 4 nitrogen and oxygen atoms in total. The molecule has 6 heteroatoms. The monoisotopic (exact) mass is 331 g/mol. The van der Waals surface area contributed by atoms with Crippen LogP contribution < -0.4 is 0 Å². The fourth-order valence-electron chi connectivity index (χ4n) is 3.87. The van der Waals surface area contributed by atoms with Crippen molar-refractivity contribution in [1.29, 1.82) is 0 Å². The van der Waals surface area contributed by atoms with Crippen molar-refractivity contribution in [3.05, 3.63) is 0 Å². The number of fused-ring (bicyclic) bond motifs is 3. The highest BCUT2D eigenvalue weighted by Crippen LogP contribution is 2.56. The molecule has 0 unspecified atom stereocenters. The highest BCUT2D eigenvalue weighted by Gasteiger charge is 2.55. The number of hydrogen-bond acceptors (Lipinski definition) is 3. The number of ether oxygens (including phenoxy) is 1. The van der Waals surface area contributed by atoms with Gasteiger partial charge in [-0.1, -0.05) is 0 Å². The number of sulfonamides is 1. The van der Waals surface area contributed by atoms with Gasteiger partial charge in [0, 0.05) is 6.42 Å². The van der Waals surface area contributed by atoms with Crippen LogP contribution in [0.2, 0.25) is 0 Å². The Labute approximate surface area is 132 Å². The fraction of sp³-hybridized carbons (Fsp3) is 0.938. The molecule has 3 aliphatic carbocycles. The molecule has 0 aromatic heterocycles. The Bertz CT molecular complexity index is 597. The minimum absolute atomic E-state index is 0.0280. The quantitative estimate of drug-likeness (QED) is 0.774. The molecular formula is C16H26FNO3S. The number of hydrogen-bond donors (Lipinski definition) is 0. The summed E-state index contributed by atoms with van der Waals surface area (Å²) >= 11 is 0. The molecule has 0 radical (unpaired) electrons. The lowest BCUT2D eigenvalue weighted by atomic mass is 9.58. The van der Waals surface area contributed by atoms with Gasteiger partial charge < -0.3 is 4.74 Å². The van der Waals surface area contributed by atoms with Crippen molar-refractivity contribution in [2.45, 2.75) is 88.7 Å². The molecule has 3 fully saturated rings. The van der Waals surface area contributed by atoms with E-state index < -0.39 is 26.0 Å². The zero-order valence-electron chi connectivity index (χ0n) is 13.9. The third-order valence-corrected chi connectivity index (χ3v) is 8.75. The molecule has 0 saturated heterocycles. The molecule has 4 aliphatic rings. The predicted molar refractivity (Wildman–Crippen MR) is 84.2 cm³/mol. The van der Waals surface area contributed by atoms with E-state index in [2.05, 4.69) is 4.40 Å². The maximum atomic E-state index is 14.3. The van der Waals surface area contributed by atoms with Gasteiger partial charge in [-0.05, 0) is 71.6 Å². The van der Waals surface area contributed by atoms with E-state index in [1.807, 2.05) is 0 Å². The van der Waals surface area contributed by atoms with Crippen LogP contribution in [0.4, 0.5) is 4.39 Å². The Morgan fingerprint density at radius 3 is 2.00 bits per heavy atom. The van der Waals surface area contributed by atoms with Crippen LogP contribution in [0.5, 0.6) is 0 Å². The van der Waals surface area contributed by atoms with Crippen LogP contribution in [-0.2, 0) is 14.8 Å². The molecule has 22 heavy (non-hydrogen) atoms. The van der Waals surface area contributed by atoms with Gasteiger partial charge in [-0.2, -0.15) is 0 Å². The van der Waals surface area contributed by atoms with Gasteiger partial charge in [0.25, 0.3) is 10.0 Å². The van der Waals surface area contributed by atoms with Crippen molar-refractivity contribution < 1.29 is 17.5 Å². The lowest BCUT2D eigenvalue weighted by molar-refractivity contribution is -0.0371. The van der Waals surface area contributed by atoms with Crippen molar-refractivity contribution in [3.8, 4) is 0 Å². The van der Waals surface area contributed by atoms with E-state index in [9.17, 15) is 12.8 Å². The fourth-order valence-corrected chi connectivity index (χ4v) is 5.13. The van der Waals surface area contributed by atoms with Crippen LogP contribution in [-0.4, -0.2) is 30.3 Å². The Morgan fingerprint density at radius 2 is 1.55 bits per heavy atom. The second-order valence-electron chi connectivity index (χ2n) is 8.41. The first-order chi connectivity index (χ1) is 9.91. The lowest BCUT2D eigenvalue weighted by Gasteiger charge is -2.51. The number of nitrogens with zero attached hydrogens (tertiary/aromatic N) is 1. The molecule has 4 rings (SSSR count). The van der Waals surface area contributed by atoms with E-state index in [0.29, 0.717) is 31.6 Å². The highest BCUT2D eigenvalue weighted by molar-refractivity contribution is 7.91. The van der Waals surface area contributed by atoms with E-state index in [0.717, 1.165) is 19.3 Å². The Morgan fingerprint density at radius 1 is 1.05 bits per heavy atom. The molecule has 0 amide bonds. The molecule has 1 heterocycles. The highest BCUT2D eigenvalue weighted by atomic mass is 32.2. The average molecular weight is 331 g/mol. The normalized spacial score (nSPS) is 41.6. The van der Waals surface area contributed by atoms with Gasteiger partial charge in [-0.3, -0.25) is 0 Å². The van der Waals surface area contributed by atoms with Crippen LogP contribution in [0, 0.1) is 5.41 Å². The number of rotatable bonds is 2. The summed E-state index contributed by atoms with van der Waals surface area (Å²) in [5.74, 6) is 0.317. The molecule has 2 bridgehead atoms. The van der Waals surface area contributed by atoms with Crippen LogP contribution in [0.1, 0.15) is 72.6 Å². The SMILES string of the molecule is CC1(C)OC(CC23CCC(F)(CC2)CC3)=NS(=O)(=O)C1(C)C. The minimum Gasteiger partial charge on any atom is -0.472 e. The molecule has 0 spiro atoms. The van der Waals surface area contributed by atoms with Crippen molar-refractivity contribution in [1.82, 2.24) is 0 Å². The number of halogens is 1. The Balaban J connectivity index is 1.87. The van der Waals surface area contributed by atoms with Crippen molar-refractivity contribution in [3.63, 3.8) is 0 Å². The topological polar surface area (TPSA) is 55.7 Å². The third-order valence-electron chi connectivity index (χ3n) is 6.53.